The average molecular weight is 248 g/mol. The molecule has 2 N–H and O–H groups in total. The van der Waals surface area contributed by atoms with Crippen molar-refractivity contribution in [3.8, 4) is 5.75 Å². The van der Waals surface area contributed by atoms with Gasteiger partial charge in [0, 0.05) is 5.56 Å². The maximum absolute atomic E-state index is 11.7. The summed E-state index contributed by atoms with van der Waals surface area (Å²) in [5.74, 6) is -0.651. The first-order chi connectivity index (χ1) is 8.49. The molecule has 1 aromatic carbocycles. The number of Topliss-reactive ketones (excluding diaryl/α,β-unsaturated/α-hetero) is 1. The molecule has 0 atom stereocenters. The number of amides is 2. The van der Waals surface area contributed by atoms with Crippen LogP contribution in [-0.2, 0) is 9.59 Å². The highest BCUT2D eigenvalue weighted by Crippen LogP contribution is 2.32. The lowest BCUT2D eigenvalue weighted by Crippen LogP contribution is -2.43. The SMILES string of the molecule is CC(=O)c1ccc2c(c1)N(CC(N)=O)C(=O)CO2. The quantitative estimate of drug-likeness (QED) is 0.768. The van der Waals surface area contributed by atoms with Crippen LogP contribution in [0.25, 0.3) is 0 Å². The molecule has 0 fully saturated rings. The number of nitrogens with zero attached hydrogens (tertiary/aromatic N) is 1. The molecule has 1 aliphatic heterocycles. The van der Waals surface area contributed by atoms with Crippen molar-refractivity contribution in [2.75, 3.05) is 18.1 Å². The highest BCUT2D eigenvalue weighted by Gasteiger charge is 2.27. The van der Waals surface area contributed by atoms with Gasteiger partial charge in [-0.15, -0.1) is 0 Å². The summed E-state index contributed by atoms with van der Waals surface area (Å²) in [5.41, 5.74) is 5.95. The summed E-state index contributed by atoms with van der Waals surface area (Å²) in [6.45, 7) is 1.06. The standard InChI is InChI=1S/C12H12N2O4/c1-7(15)8-2-3-10-9(4-8)14(5-11(13)16)12(17)6-18-10/h2-4H,5-6H2,1H3,(H2,13,16). The summed E-state index contributed by atoms with van der Waals surface area (Å²) in [5, 5.41) is 0. The van der Waals surface area contributed by atoms with Crippen molar-refractivity contribution in [1.82, 2.24) is 0 Å². The highest BCUT2D eigenvalue weighted by molar-refractivity contribution is 6.03. The van der Waals surface area contributed by atoms with Gasteiger partial charge in [-0.25, -0.2) is 0 Å². The maximum Gasteiger partial charge on any atom is 0.265 e. The Labute approximate surface area is 103 Å². The van der Waals surface area contributed by atoms with E-state index in [1.54, 1.807) is 12.1 Å². The zero-order valence-corrected chi connectivity index (χ0v) is 9.80. The molecule has 0 unspecified atom stereocenters. The average Bonchev–Trinajstić information content (AvgIpc) is 2.31. The van der Waals surface area contributed by atoms with Crippen LogP contribution >= 0.6 is 0 Å². The van der Waals surface area contributed by atoms with E-state index in [-0.39, 0.29) is 24.8 Å². The Morgan fingerprint density at radius 1 is 1.44 bits per heavy atom. The van der Waals surface area contributed by atoms with E-state index in [9.17, 15) is 14.4 Å². The van der Waals surface area contributed by atoms with Gasteiger partial charge in [-0.1, -0.05) is 0 Å². The fourth-order valence-electron chi connectivity index (χ4n) is 1.75. The number of primary amides is 1. The van der Waals surface area contributed by atoms with Gasteiger partial charge < -0.3 is 10.5 Å². The van der Waals surface area contributed by atoms with Gasteiger partial charge in [0.1, 0.15) is 12.3 Å². The van der Waals surface area contributed by atoms with Crippen molar-refractivity contribution >= 4 is 23.3 Å². The molecule has 0 bridgehead atoms. The summed E-state index contributed by atoms with van der Waals surface area (Å²) in [6, 6.07) is 4.74. The van der Waals surface area contributed by atoms with Gasteiger partial charge in [0.25, 0.3) is 5.91 Å². The van der Waals surface area contributed by atoms with Gasteiger partial charge in [0.15, 0.2) is 12.4 Å². The summed E-state index contributed by atoms with van der Waals surface area (Å²) >= 11 is 0. The summed E-state index contributed by atoms with van der Waals surface area (Å²) < 4.78 is 5.23. The van der Waals surface area contributed by atoms with Crippen LogP contribution in [-0.4, -0.2) is 30.7 Å². The number of ketones is 1. The number of nitrogens with two attached hydrogens (primary N) is 1. The Morgan fingerprint density at radius 3 is 2.78 bits per heavy atom. The Morgan fingerprint density at radius 2 is 2.17 bits per heavy atom. The molecule has 18 heavy (non-hydrogen) atoms. The third kappa shape index (κ3) is 2.17. The minimum absolute atomic E-state index is 0.130. The number of carbonyl (C=O) groups is 3. The first kappa shape index (κ1) is 12.1. The van der Waals surface area contributed by atoms with Gasteiger partial charge >= 0.3 is 0 Å². The Kier molecular flexibility index (Phi) is 3.01. The van der Waals surface area contributed by atoms with Crippen LogP contribution in [0.3, 0.4) is 0 Å². The van der Waals surface area contributed by atoms with E-state index in [0.717, 1.165) is 0 Å². The van der Waals surface area contributed by atoms with Crippen molar-refractivity contribution < 1.29 is 19.1 Å². The highest BCUT2D eigenvalue weighted by atomic mass is 16.5. The van der Waals surface area contributed by atoms with E-state index >= 15 is 0 Å². The molecule has 94 valence electrons. The number of ether oxygens (including phenoxy) is 1. The Balaban J connectivity index is 2.46. The molecule has 2 rings (SSSR count). The zero-order chi connectivity index (χ0) is 13.3. The van der Waals surface area contributed by atoms with Gasteiger partial charge in [-0.3, -0.25) is 19.3 Å². The first-order valence-corrected chi connectivity index (χ1v) is 5.35. The fourth-order valence-corrected chi connectivity index (χ4v) is 1.75. The number of carbonyl (C=O) groups excluding carboxylic acids is 3. The second kappa shape index (κ2) is 4.48. The predicted molar refractivity (Wildman–Crippen MR) is 63.5 cm³/mol. The van der Waals surface area contributed by atoms with Crippen LogP contribution in [0, 0.1) is 0 Å². The monoisotopic (exact) mass is 248 g/mol. The number of hydrogen-bond donors (Lipinski definition) is 1. The normalized spacial score (nSPS) is 13.8. The number of fused-ring (bicyclic) bond motifs is 1. The summed E-state index contributed by atoms with van der Waals surface area (Å²) in [6.07, 6.45) is 0. The van der Waals surface area contributed by atoms with Crippen molar-refractivity contribution in [2.45, 2.75) is 6.92 Å². The number of hydrogen-bond acceptors (Lipinski definition) is 4. The molecule has 0 saturated carbocycles. The molecule has 0 spiro atoms. The summed E-state index contributed by atoms with van der Waals surface area (Å²) in [7, 11) is 0. The molecule has 0 saturated heterocycles. The second-order valence-corrected chi connectivity index (χ2v) is 3.97. The van der Waals surface area contributed by atoms with Crippen LogP contribution in [0.2, 0.25) is 0 Å². The van der Waals surface area contributed by atoms with Crippen molar-refractivity contribution in [2.24, 2.45) is 5.73 Å². The lowest BCUT2D eigenvalue weighted by molar-refractivity contribution is -0.124. The second-order valence-electron chi connectivity index (χ2n) is 3.97. The minimum Gasteiger partial charge on any atom is -0.482 e. The van der Waals surface area contributed by atoms with Crippen molar-refractivity contribution in [3.05, 3.63) is 23.8 Å². The Bertz CT molecular complexity index is 539. The summed E-state index contributed by atoms with van der Waals surface area (Å²) in [4.78, 5) is 35.2. The predicted octanol–water partition coefficient (Wildman–Crippen LogP) is 0.0999. The molecule has 1 aliphatic rings. The molecule has 0 radical (unpaired) electrons. The van der Waals surface area contributed by atoms with Crippen molar-refractivity contribution in [1.29, 1.82) is 0 Å². The van der Waals surface area contributed by atoms with Crippen LogP contribution in [0.4, 0.5) is 5.69 Å². The van der Waals surface area contributed by atoms with Crippen LogP contribution < -0.4 is 15.4 Å². The lowest BCUT2D eigenvalue weighted by atomic mass is 10.1. The third-order valence-corrected chi connectivity index (χ3v) is 2.62. The smallest absolute Gasteiger partial charge is 0.265 e. The van der Waals surface area contributed by atoms with E-state index in [1.165, 1.54) is 17.9 Å². The van der Waals surface area contributed by atoms with Crippen molar-refractivity contribution in [3.63, 3.8) is 0 Å². The third-order valence-electron chi connectivity index (χ3n) is 2.62. The van der Waals surface area contributed by atoms with Gasteiger partial charge in [0.05, 0.1) is 5.69 Å². The van der Waals surface area contributed by atoms with Crippen LogP contribution in [0.1, 0.15) is 17.3 Å². The zero-order valence-electron chi connectivity index (χ0n) is 9.80. The van der Waals surface area contributed by atoms with E-state index in [0.29, 0.717) is 17.0 Å². The molecule has 2 amide bonds. The molecule has 1 heterocycles. The van der Waals surface area contributed by atoms with Crippen LogP contribution in [0.15, 0.2) is 18.2 Å². The van der Waals surface area contributed by atoms with Crippen LogP contribution in [0.5, 0.6) is 5.75 Å². The number of rotatable bonds is 3. The fraction of sp³-hybridized carbons (Fsp3) is 0.250. The topological polar surface area (TPSA) is 89.7 Å². The molecular formula is C12H12N2O4. The molecule has 0 aromatic heterocycles. The maximum atomic E-state index is 11.7. The molecule has 1 aromatic rings. The van der Waals surface area contributed by atoms with E-state index in [2.05, 4.69) is 0 Å². The van der Waals surface area contributed by atoms with E-state index in [4.69, 9.17) is 10.5 Å². The number of anilines is 1. The largest absolute Gasteiger partial charge is 0.482 e. The molecular weight excluding hydrogens is 236 g/mol. The molecule has 6 heteroatoms. The van der Waals surface area contributed by atoms with Gasteiger partial charge in [-0.05, 0) is 25.1 Å². The first-order valence-electron chi connectivity index (χ1n) is 5.35. The van der Waals surface area contributed by atoms with Gasteiger partial charge in [0.2, 0.25) is 5.91 Å². The molecule has 0 aliphatic carbocycles. The number of benzene rings is 1. The lowest BCUT2D eigenvalue weighted by Gasteiger charge is -2.28. The Hall–Kier alpha value is -2.37. The van der Waals surface area contributed by atoms with E-state index in [1.807, 2.05) is 0 Å². The minimum atomic E-state index is -0.621. The molecule has 6 nitrogen and oxygen atoms in total. The van der Waals surface area contributed by atoms with E-state index < -0.39 is 5.91 Å². The van der Waals surface area contributed by atoms with Gasteiger partial charge in [-0.2, -0.15) is 0 Å².